The number of nitrogens with two attached hydrogens (primary N) is 1. The molecule has 1 unspecified atom stereocenters. The fraction of sp³-hybridized carbons (Fsp3) is 0.571. The van der Waals surface area contributed by atoms with Crippen LogP contribution in [0.1, 0.15) is 44.2 Å². The molecule has 0 saturated heterocycles. The van der Waals surface area contributed by atoms with Gasteiger partial charge in [-0.2, -0.15) is 0 Å². The van der Waals surface area contributed by atoms with E-state index in [1.807, 2.05) is 18.2 Å². The highest BCUT2D eigenvalue weighted by atomic mass is 16.3. The van der Waals surface area contributed by atoms with Crippen LogP contribution in [0.3, 0.4) is 0 Å². The Labute approximate surface area is 97.5 Å². The topological polar surface area (TPSA) is 46.2 Å². The number of nitrogen functional groups attached to an aromatic ring is 1. The summed E-state index contributed by atoms with van der Waals surface area (Å²) in [6.07, 6.45) is 3.73. The van der Waals surface area contributed by atoms with Gasteiger partial charge >= 0.3 is 0 Å². The average Bonchev–Trinajstić information content (AvgIpc) is 2.54. The summed E-state index contributed by atoms with van der Waals surface area (Å²) in [6, 6.07) is 5.89. The molecule has 0 amide bonds. The van der Waals surface area contributed by atoms with Crippen molar-refractivity contribution in [3.05, 3.63) is 29.3 Å². The predicted octanol–water partition coefficient (Wildman–Crippen LogP) is 2.84. The normalized spacial score (nSPS) is 23.8. The number of benzene rings is 1. The van der Waals surface area contributed by atoms with Gasteiger partial charge in [-0.15, -0.1) is 0 Å². The van der Waals surface area contributed by atoms with E-state index in [1.54, 1.807) is 0 Å². The third-order valence-corrected chi connectivity index (χ3v) is 3.57. The number of anilines is 1. The maximum atomic E-state index is 10.6. The largest absolute Gasteiger partial charge is 0.399 e. The standard InChI is InChI=1S/C14H21NO/c1-10(2)5-7-14(16)8-6-11-9-12(15)3-4-13(11)14/h3-4,9-10,16H,5-8,15H2,1-2H3. The lowest BCUT2D eigenvalue weighted by Gasteiger charge is -2.25. The molecule has 1 aliphatic carbocycles. The third kappa shape index (κ3) is 2.07. The van der Waals surface area contributed by atoms with Gasteiger partial charge in [-0.25, -0.2) is 0 Å². The minimum atomic E-state index is -0.604. The van der Waals surface area contributed by atoms with Gasteiger partial charge in [0.15, 0.2) is 0 Å². The maximum Gasteiger partial charge on any atom is 0.0902 e. The Morgan fingerprint density at radius 3 is 2.88 bits per heavy atom. The maximum absolute atomic E-state index is 10.6. The van der Waals surface area contributed by atoms with E-state index in [2.05, 4.69) is 13.8 Å². The number of aryl methyl sites for hydroxylation is 1. The van der Waals surface area contributed by atoms with Crippen LogP contribution >= 0.6 is 0 Å². The van der Waals surface area contributed by atoms with Crippen molar-refractivity contribution in [1.82, 2.24) is 0 Å². The summed E-state index contributed by atoms with van der Waals surface area (Å²) in [5.41, 5.74) is 8.28. The van der Waals surface area contributed by atoms with Gasteiger partial charge in [0.05, 0.1) is 5.60 Å². The lowest BCUT2D eigenvalue weighted by Crippen LogP contribution is -2.22. The van der Waals surface area contributed by atoms with Crippen LogP contribution in [0.25, 0.3) is 0 Å². The van der Waals surface area contributed by atoms with Crippen LogP contribution in [0.5, 0.6) is 0 Å². The molecule has 2 nitrogen and oxygen atoms in total. The van der Waals surface area contributed by atoms with Crippen LogP contribution < -0.4 is 5.73 Å². The summed E-state index contributed by atoms with van der Waals surface area (Å²) in [4.78, 5) is 0. The summed E-state index contributed by atoms with van der Waals surface area (Å²) in [5.74, 6) is 0.641. The van der Waals surface area contributed by atoms with E-state index >= 15 is 0 Å². The van der Waals surface area contributed by atoms with Crippen molar-refractivity contribution in [3.63, 3.8) is 0 Å². The summed E-state index contributed by atoms with van der Waals surface area (Å²) in [6.45, 7) is 4.39. The first-order valence-electron chi connectivity index (χ1n) is 6.12. The number of rotatable bonds is 3. The minimum absolute atomic E-state index is 0.604. The average molecular weight is 219 g/mol. The Bertz CT molecular complexity index is 386. The molecule has 0 bridgehead atoms. The first kappa shape index (κ1) is 11.5. The smallest absolute Gasteiger partial charge is 0.0902 e. The molecule has 2 heteroatoms. The third-order valence-electron chi connectivity index (χ3n) is 3.57. The predicted molar refractivity (Wildman–Crippen MR) is 67.1 cm³/mol. The van der Waals surface area contributed by atoms with Gasteiger partial charge in [0.1, 0.15) is 0 Å². The Morgan fingerprint density at radius 1 is 1.44 bits per heavy atom. The van der Waals surface area contributed by atoms with Crippen molar-refractivity contribution in [1.29, 1.82) is 0 Å². The minimum Gasteiger partial charge on any atom is -0.399 e. The molecule has 2 rings (SSSR count). The van der Waals surface area contributed by atoms with E-state index in [0.717, 1.165) is 36.9 Å². The molecular formula is C14H21NO. The van der Waals surface area contributed by atoms with Crippen LogP contribution in [0, 0.1) is 5.92 Å². The second-order valence-corrected chi connectivity index (χ2v) is 5.38. The van der Waals surface area contributed by atoms with Gasteiger partial charge in [-0.1, -0.05) is 19.9 Å². The van der Waals surface area contributed by atoms with Crippen LogP contribution in [-0.4, -0.2) is 5.11 Å². The lowest BCUT2D eigenvalue weighted by molar-refractivity contribution is 0.0241. The van der Waals surface area contributed by atoms with E-state index in [-0.39, 0.29) is 0 Å². The molecular weight excluding hydrogens is 198 g/mol. The van der Waals surface area contributed by atoms with Crippen LogP contribution in [0.15, 0.2) is 18.2 Å². The van der Waals surface area contributed by atoms with E-state index in [1.165, 1.54) is 5.56 Å². The summed E-state index contributed by atoms with van der Waals surface area (Å²) >= 11 is 0. The van der Waals surface area contributed by atoms with E-state index in [4.69, 9.17) is 5.73 Å². The molecule has 1 atom stereocenters. The first-order chi connectivity index (χ1) is 7.51. The number of aliphatic hydroxyl groups is 1. The highest BCUT2D eigenvalue weighted by Gasteiger charge is 2.36. The fourth-order valence-corrected chi connectivity index (χ4v) is 2.54. The highest BCUT2D eigenvalue weighted by Crippen LogP contribution is 2.41. The second kappa shape index (κ2) is 4.10. The fourth-order valence-electron chi connectivity index (χ4n) is 2.54. The molecule has 3 N–H and O–H groups in total. The van der Waals surface area contributed by atoms with Gasteiger partial charge < -0.3 is 10.8 Å². The Kier molecular flexibility index (Phi) is 2.94. The summed E-state index contributed by atoms with van der Waals surface area (Å²) < 4.78 is 0. The highest BCUT2D eigenvalue weighted by molar-refractivity contribution is 5.48. The van der Waals surface area contributed by atoms with Crippen LogP contribution in [0.2, 0.25) is 0 Å². The zero-order valence-corrected chi connectivity index (χ0v) is 10.2. The van der Waals surface area contributed by atoms with Crippen molar-refractivity contribution < 1.29 is 5.11 Å². The van der Waals surface area contributed by atoms with Gasteiger partial charge in [0, 0.05) is 5.69 Å². The molecule has 0 saturated carbocycles. The van der Waals surface area contributed by atoms with E-state index in [9.17, 15) is 5.11 Å². The van der Waals surface area contributed by atoms with Crippen molar-refractivity contribution >= 4 is 5.69 Å². The molecule has 16 heavy (non-hydrogen) atoms. The van der Waals surface area contributed by atoms with Crippen molar-refractivity contribution in [2.24, 2.45) is 5.92 Å². The second-order valence-electron chi connectivity index (χ2n) is 5.38. The van der Waals surface area contributed by atoms with E-state index in [0.29, 0.717) is 5.92 Å². The van der Waals surface area contributed by atoms with Gasteiger partial charge in [-0.05, 0) is 54.9 Å². The molecule has 0 radical (unpaired) electrons. The molecule has 1 aromatic carbocycles. The Balaban J connectivity index is 2.21. The molecule has 0 aliphatic heterocycles. The summed E-state index contributed by atoms with van der Waals surface area (Å²) in [5, 5.41) is 10.6. The Morgan fingerprint density at radius 2 is 2.19 bits per heavy atom. The molecule has 0 fully saturated rings. The Hall–Kier alpha value is -1.02. The van der Waals surface area contributed by atoms with Crippen molar-refractivity contribution in [2.75, 3.05) is 5.73 Å². The monoisotopic (exact) mass is 219 g/mol. The number of hydrogen-bond donors (Lipinski definition) is 2. The van der Waals surface area contributed by atoms with Gasteiger partial charge in [-0.3, -0.25) is 0 Å². The molecule has 1 aromatic rings. The lowest BCUT2D eigenvalue weighted by atomic mass is 9.88. The quantitative estimate of drug-likeness (QED) is 0.768. The molecule has 88 valence electrons. The van der Waals surface area contributed by atoms with Crippen LogP contribution in [-0.2, 0) is 12.0 Å². The van der Waals surface area contributed by atoms with Gasteiger partial charge in [0.2, 0.25) is 0 Å². The SMILES string of the molecule is CC(C)CCC1(O)CCc2cc(N)ccc21. The van der Waals surface area contributed by atoms with Crippen LogP contribution in [0.4, 0.5) is 5.69 Å². The number of hydrogen-bond acceptors (Lipinski definition) is 2. The summed E-state index contributed by atoms with van der Waals surface area (Å²) in [7, 11) is 0. The van der Waals surface area contributed by atoms with Gasteiger partial charge in [0.25, 0.3) is 0 Å². The first-order valence-corrected chi connectivity index (χ1v) is 6.12. The molecule has 0 heterocycles. The molecule has 0 spiro atoms. The zero-order chi connectivity index (χ0) is 11.8. The van der Waals surface area contributed by atoms with Crippen molar-refractivity contribution in [2.45, 2.75) is 45.1 Å². The van der Waals surface area contributed by atoms with Crippen molar-refractivity contribution in [3.8, 4) is 0 Å². The molecule has 0 aromatic heterocycles. The van der Waals surface area contributed by atoms with E-state index < -0.39 is 5.60 Å². The molecule has 1 aliphatic rings. The zero-order valence-electron chi connectivity index (χ0n) is 10.2. The number of fused-ring (bicyclic) bond motifs is 1.